The minimum Gasteiger partial charge on any atom is -0.486 e. The number of anilines is 1. The quantitative estimate of drug-likeness (QED) is 0.646. The van der Waals surface area contributed by atoms with Crippen molar-refractivity contribution < 1.29 is 28.5 Å². The van der Waals surface area contributed by atoms with Crippen LogP contribution in [0.1, 0.15) is 20.3 Å². The van der Waals surface area contributed by atoms with Crippen molar-refractivity contribution >= 4 is 17.6 Å². The van der Waals surface area contributed by atoms with E-state index in [-0.39, 0.29) is 30.9 Å². The van der Waals surface area contributed by atoms with E-state index in [4.69, 9.17) is 18.9 Å². The van der Waals surface area contributed by atoms with Crippen LogP contribution >= 0.6 is 0 Å². The minimum absolute atomic E-state index is 0.0523. The molecule has 28 heavy (non-hydrogen) atoms. The van der Waals surface area contributed by atoms with E-state index >= 15 is 0 Å². The predicted molar refractivity (Wildman–Crippen MR) is 102 cm³/mol. The fourth-order valence-corrected chi connectivity index (χ4v) is 3.20. The third-order valence-corrected chi connectivity index (χ3v) is 4.43. The van der Waals surface area contributed by atoms with Crippen molar-refractivity contribution in [1.29, 1.82) is 0 Å². The number of nitrogens with one attached hydrogen (secondary N) is 2. The summed E-state index contributed by atoms with van der Waals surface area (Å²) in [5, 5.41) is 5.55. The third kappa shape index (κ3) is 5.05. The Morgan fingerprint density at radius 2 is 1.93 bits per heavy atom. The Labute approximate surface area is 164 Å². The molecule has 2 aliphatic heterocycles. The first-order valence-corrected chi connectivity index (χ1v) is 9.58. The van der Waals surface area contributed by atoms with Gasteiger partial charge >= 0.3 is 6.03 Å². The summed E-state index contributed by atoms with van der Waals surface area (Å²) in [6.45, 7) is 6.35. The smallest absolute Gasteiger partial charge is 0.315 e. The molecule has 0 bridgehead atoms. The van der Waals surface area contributed by atoms with Crippen LogP contribution in [0.2, 0.25) is 0 Å². The Kier molecular flexibility index (Phi) is 6.94. The Balaban J connectivity index is 1.52. The molecule has 9 heteroatoms. The fraction of sp³-hybridized carbons (Fsp3) is 0.579. The van der Waals surface area contributed by atoms with Crippen LogP contribution < -0.4 is 25.0 Å². The van der Waals surface area contributed by atoms with Gasteiger partial charge in [-0.3, -0.25) is 4.79 Å². The molecule has 1 saturated heterocycles. The van der Waals surface area contributed by atoms with Crippen LogP contribution in [0.15, 0.2) is 18.2 Å². The zero-order valence-corrected chi connectivity index (χ0v) is 16.2. The SMILES string of the molecule is CCOC(CNC(=O)N[C@H]1CC(=O)N(c2ccc3c(c2)OCCO3)C1)OCC. The topological polar surface area (TPSA) is 98.4 Å². The standard InChI is InChI=1S/C19H27N3O6/c1-3-25-18(26-4-2)11-20-19(24)21-13-9-17(23)22(12-13)14-5-6-15-16(10-14)28-8-7-27-15/h5-6,10,13,18H,3-4,7-9,11-12H2,1-2H3,(H2,20,21,24)/t13-/m0/s1. The number of benzene rings is 1. The van der Waals surface area contributed by atoms with Crippen LogP contribution in [0, 0.1) is 0 Å². The number of hydrogen-bond acceptors (Lipinski definition) is 6. The molecular formula is C19H27N3O6. The number of rotatable bonds is 8. The van der Waals surface area contributed by atoms with Crippen molar-refractivity contribution in [3.63, 3.8) is 0 Å². The third-order valence-electron chi connectivity index (χ3n) is 4.43. The molecule has 2 aliphatic rings. The summed E-state index contributed by atoms with van der Waals surface area (Å²) in [6.07, 6.45) is -0.248. The van der Waals surface area contributed by atoms with E-state index in [9.17, 15) is 9.59 Å². The van der Waals surface area contributed by atoms with Gasteiger partial charge in [-0.05, 0) is 26.0 Å². The van der Waals surface area contributed by atoms with Crippen LogP contribution in [0.4, 0.5) is 10.5 Å². The van der Waals surface area contributed by atoms with E-state index in [0.717, 1.165) is 5.69 Å². The number of amides is 3. The van der Waals surface area contributed by atoms with Crippen molar-refractivity contribution in [2.45, 2.75) is 32.6 Å². The molecule has 0 spiro atoms. The van der Waals surface area contributed by atoms with Gasteiger partial charge in [0.25, 0.3) is 0 Å². The van der Waals surface area contributed by atoms with Gasteiger partial charge in [-0.15, -0.1) is 0 Å². The van der Waals surface area contributed by atoms with E-state index in [1.54, 1.807) is 17.0 Å². The Bertz CT molecular complexity index is 692. The summed E-state index contributed by atoms with van der Waals surface area (Å²) in [6, 6.07) is 4.78. The summed E-state index contributed by atoms with van der Waals surface area (Å²) in [5.74, 6) is 1.25. The summed E-state index contributed by atoms with van der Waals surface area (Å²) in [5.41, 5.74) is 0.728. The van der Waals surface area contributed by atoms with Crippen molar-refractivity contribution in [2.24, 2.45) is 0 Å². The van der Waals surface area contributed by atoms with E-state index in [1.165, 1.54) is 0 Å². The van der Waals surface area contributed by atoms with Crippen molar-refractivity contribution in [3.05, 3.63) is 18.2 Å². The maximum Gasteiger partial charge on any atom is 0.315 e. The molecule has 0 aromatic heterocycles. The van der Waals surface area contributed by atoms with Crippen LogP contribution in [0.25, 0.3) is 0 Å². The molecule has 1 atom stereocenters. The average Bonchev–Trinajstić information content (AvgIpc) is 3.06. The molecule has 1 fully saturated rings. The van der Waals surface area contributed by atoms with Gasteiger partial charge in [0, 0.05) is 37.9 Å². The molecule has 3 amide bonds. The minimum atomic E-state index is -0.486. The molecule has 0 saturated carbocycles. The molecule has 1 aromatic rings. The first kappa shape index (κ1) is 20.2. The first-order chi connectivity index (χ1) is 13.6. The van der Waals surface area contributed by atoms with Gasteiger partial charge in [0.05, 0.1) is 12.6 Å². The molecule has 3 rings (SSSR count). The maximum atomic E-state index is 12.4. The zero-order chi connectivity index (χ0) is 19.9. The highest BCUT2D eigenvalue weighted by Crippen LogP contribution is 2.35. The normalized spacial score (nSPS) is 18.5. The monoisotopic (exact) mass is 393 g/mol. The number of nitrogens with zero attached hydrogens (tertiary/aromatic N) is 1. The lowest BCUT2D eigenvalue weighted by molar-refractivity contribution is -0.131. The van der Waals surface area contributed by atoms with Crippen molar-refractivity contribution in [3.8, 4) is 11.5 Å². The van der Waals surface area contributed by atoms with Crippen LogP contribution in [-0.2, 0) is 14.3 Å². The molecule has 0 radical (unpaired) electrons. The number of carbonyl (C=O) groups excluding carboxylic acids is 2. The number of urea groups is 1. The summed E-state index contributed by atoms with van der Waals surface area (Å²) < 4.78 is 21.9. The van der Waals surface area contributed by atoms with Crippen molar-refractivity contribution in [1.82, 2.24) is 10.6 Å². The molecular weight excluding hydrogens is 366 g/mol. The van der Waals surface area contributed by atoms with Crippen LogP contribution in [0.5, 0.6) is 11.5 Å². The summed E-state index contributed by atoms with van der Waals surface area (Å²) in [4.78, 5) is 26.2. The molecule has 0 aliphatic carbocycles. The maximum absolute atomic E-state index is 12.4. The molecule has 1 aromatic carbocycles. The van der Waals surface area contributed by atoms with E-state index < -0.39 is 6.29 Å². The summed E-state index contributed by atoms with van der Waals surface area (Å²) >= 11 is 0. The second-order valence-electron chi connectivity index (χ2n) is 6.43. The molecule has 0 unspecified atom stereocenters. The highest BCUT2D eigenvalue weighted by atomic mass is 16.7. The number of carbonyl (C=O) groups is 2. The van der Waals surface area contributed by atoms with Gasteiger partial charge in [0.1, 0.15) is 13.2 Å². The van der Waals surface area contributed by atoms with E-state index in [1.807, 2.05) is 19.9 Å². The van der Waals surface area contributed by atoms with Crippen LogP contribution in [-0.4, -0.2) is 63.8 Å². The van der Waals surface area contributed by atoms with Gasteiger partial charge in [0.2, 0.25) is 5.91 Å². The van der Waals surface area contributed by atoms with Crippen LogP contribution in [0.3, 0.4) is 0 Å². The van der Waals surface area contributed by atoms with Gasteiger partial charge in [0.15, 0.2) is 17.8 Å². The fourth-order valence-electron chi connectivity index (χ4n) is 3.20. The summed E-state index contributed by atoms with van der Waals surface area (Å²) in [7, 11) is 0. The lowest BCUT2D eigenvalue weighted by Crippen LogP contribution is -2.46. The van der Waals surface area contributed by atoms with Crippen molar-refractivity contribution in [2.75, 3.05) is 44.4 Å². The Hall–Kier alpha value is -2.52. The number of hydrogen-bond donors (Lipinski definition) is 2. The van der Waals surface area contributed by atoms with Gasteiger partial charge in [-0.2, -0.15) is 0 Å². The largest absolute Gasteiger partial charge is 0.486 e. The number of ether oxygens (including phenoxy) is 4. The van der Waals surface area contributed by atoms with E-state index in [2.05, 4.69) is 10.6 Å². The lowest BCUT2D eigenvalue weighted by atomic mass is 10.2. The Morgan fingerprint density at radius 3 is 2.64 bits per heavy atom. The first-order valence-electron chi connectivity index (χ1n) is 9.58. The van der Waals surface area contributed by atoms with Gasteiger partial charge in [-0.25, -0.2) is 4.79 Å². The Morgan fingerprint density at radius 1 is 1.21 bits per heavy atom. The molecule has 9 nitrogen and oxygen atoms in total. The zero-order valence-electron chi connectivity index (χ0n) is 16.2. The second-order valence-corrected chi connectivity index (χ2v) is 6.43. The average molecular weight is 393 g/mol. The second kappa shape index (κ2) is 9.61. The van der Waals surface area contributed by atoms with E-state index in [0.29, 0.717) is 44.5 Å². The van der Waals surface area contributed by atoms with Gasteiger partial charge < -0.3 is 34.5 Å². The lowest BCUT2D eigenvalue weighted by Gasteiger charge is -2.22. The molecule has 154 valence electrons. The molecule has 2 N–H and O–H groups in total. The highest BCUT2D eigenvalue weighted by Gasteiger charge is 2.32. The van der Waals surface area contributed by atoms with Gasteiger partial charge in [-0.1, -0.05) is 0 Å². The number of fused-ring (bicyclic) bond motifs is 1. The predicted octanol–water partition coefficient (Wildman–Crippen LogP) is 1.26. The highest BCUT2D eigenvalue weighted by molar-refractivity contribution is 5.97. The molecule has 2 heterocycles.